The second-order valence-electron chi connectivity index (χ2n) is 6.93. The Morgan fingerprint density at radius 1 is 1.28 bits per heavy atom. The van der Waals surface area contributed by atoms with Crippen LogP contribution in [0.25, 0.3) is 0 Å². The summed E-state index contributed by atoms with van der Waals surface area (Å²) in [5, 5.41) is 0. The Morgan fingerprint density at radius 2 is 1.94 bits per heavy atom. The molecular weight excluding hydrogens is 220 g/mol. The van der Waals surface area contributed by atoms with Crippen LogP contribution in [0, 0.1) is 11.3 Å². The maximum absolute atomic E-state index is 6.80. The molecule has 0 aromatic carbocycles. The maximum Gasteiger partial charge on any atom is 0.0270 e. The SMILES string of the molecule is CC(C)(C)C1CCCCC1(N)Cc1ccncc1. The van der Waals surface area contributed by atoms with Crippen LogP contribution in [0.3, 0.4) is 0 Å². The molecule has 1 heterocycles. The minimum Gasteiger partial charge on any atom is -0.325 e. The number of pyridine rings is 1. The molecule has 2 nitrogen and oxygen atoms in total. The maximum atomic E-state index is 6.80. The van der Waals surface area contributed by atoms with E-state index in [1.807, 2.05) is 12.4 Å². The van der Waals surface area contributed by atoms with Crippen molar-refractivity contribution in [2.75, 3.05) is 0 Å². The summed E-state index contributed by atoms with van der Waals surface area (Å²) in [6, 6.07) is 4.20. The molecule has 1 aliphatic rings. The molecule has 100 valence electrons. The van der Waals surface area contributed by atoms with Gasteiger partial charge in [0.05, 0.1) is 0 Å². The predicted octanol–water partition coefficient (Wildman–Crippen LogP) is 3.56. The van der Waals surface area contributed by atoms with E-state index >= 15 is 0 Å². The van der Waals surface area contributed by atoms with Crippen molar-refractivity contribution in [3.63, 3.8) is 0 Å². The van der Waals surface area contributed by atoms with Gasteiger partial charge in [-0.1, -0.05) is 33.6 Å². The van der Waals surface area contributed by atoms with Gasteiger partial charge in [0, 0.05) is 17.9 Å². The highest BCUT2D eigenvalue weighted by atomic mass is 14.8. The quantitative estimate of drug-likeness (QED) is 0.866. The van der Waals surface area contributed by atoms with Crippen LogP contribution < -0.4 is 5.73 Å². The predicted molar refractivity (Wildman–Crippen MR) is 76.3 cm³/mol. The standard InChI is InChI=1S/C16H26N2/c1-15(2,3)14-6-4-5-9-16(14,17)12-13-7-10-18-11-8-13/h7-8,10-11,14H,4-6,9,12,17H2,1-3H3. The molecular formula is C16H26N2. The van der Waals surface area contributed by atoms with Gasteiger partial charge < -0.3 is 5.73 Å². The molecule has 2 unspecified atom stereocenters. The molecule has 0 spiro atoms. The zero-order chi connectivity index (χ0) is 13.2. The highest BCUT2D eigenvalue weighted by Gasteiger charge is 2.43. The molecule has 1 saturated carbocycles. The minimum absolute atomic E-state index is 0.0438. The van der Waals surface area contributed by atoms with Crippen molar-refractivity contribution >= 4 is 0 Å². The van der Waals surface area contributed by atoms with Crippen LogP contribution >= 0.6 is 0 Å². The van der Waals surface area contributed by atoms with Gasteiger partial charge in [0.15, 0.2) is 0 Å². The van der Waals surface area contributed by atoms with Gasteiger partial charge in [0.25, 0.3) is 0 Å². The number of nitrogens with zero attached hydrogens (tertiary/aromatic N) is 1. The Labute approximate surface area is 111 Å². The van der Waals surface area contributed by atoms with E-state index in [-0.39, 0.29) is 5.54 Å². The summed E-state index contributed by atoms with van der Waals surface area (Å²) >= 11 is 0. The van der Waals surface area contributed by atoms with Crippen LogP contribution in [0.1, 0.15) is 52.0 Å². The number of rotatable bonds is 2. The zero-order valence-electron chi connectivity index (χ0n) is 11.9. The highest BCUT2D eigenvalue weighted by molar-refractivity contribution is 5.16. The Kier molecular flexibility index (Phi) is 3.76. The van der Waals surface area contributed by atoms with E-state index in [0.717, 1.165) is 12.8 Å². The lowest BCUT2D eigenvalue weighted by Crippen LogP contribution is -2.55. The second kappa shape index (κ2) is 5.00. The molecule has 0 amide bonds. The van der Waals surface area contributed by atoms with Crippen molar-refractivity contribution < 1.29 is 0 Å². The third-order valence-corrected chi connectivity index (χ3v) is 4.41. The number of hydrogen-bond acceptors (Lipinski definition) is 2. The molecule has 0 aliphatic heterocycles. The van der Waals surface area contributed by atoms with Gasteiger partial charge in [0.1, 0.15) is 0 Å². The third kappa shape index (κ3) is 2.92. The summed E-state index contributed by atoms with van der Waals surface area (Å²) in [4.78, 5) is 4.09. The van der Waals surface area contributed by atoms with Crippen molar-refractivity contribution in [1.29, 1.82) is 0 Å². The fourth-order valence-corrected chi connectivity index (χ4v) is 3.65. The molecule has 18 heavy (non-hydrogen) atoms. The topological polar surface area (TPSA) is 38.9 Å². The fourth-order valence-electron chi connectivity index (χ4n) is 3.65. The zero-order valence-corrected chi connectivity index (χ0v) is 11.9. The molecule has 2 rings (SSSR count). The molecule has 1 aliphatic carbocycles. The van der Waals surface area contributed by atoms with Crippen molar-refractivity contribution in [3.05, 3.63) is 30.1 Å². The lowest BCUT2D eigenvalue weighted by Gasteiger charge is -2.48. The normalized spacial score (nSPS) is 29.2. The molecule has 2 heteroatoms. The van der Waals surface area contributed by atoms with Gasteiger partial charge in [-0.3, -0.25) is 4.98 Å². The van der Waals surface area contributed by atoms with E-state index < -0.39 is 0 Å². The first-order valence-corrected chi connectivity index (χ1v) is 7.10. The van der Waals surface area contributed by atoms with Crippen molar-refractivity contribution in [2.45, 2.75) is 58.4 Å². The summed E-state index contributed by atoms with van der Waals surface area (Å²) in [5.74, 6) is 0.604. The van der Waals surface area contributed by atoms with Crippen LogP contribution in [-0.4, -0.2) is 10.5 Å². The van der Waals surface area contributed by atoms with Crippen molar-refractivity contribution in [3.8, 4) is 0 Å². The van der Waals surface area contributed by atoms with Crippen molar-refractivity contribution in [2.24, 2.45) is 17.1 Å². The van der Waals surface area contributed by atoms with Crippen LogP contribution in [0.5, 0.6) is 0 Å². The summed E-state index contributed by atoms with van der Waals surface area (Å²) in [7, 11) is 0. The minimum atomic E-state index is -0.0438. The highest BCUT2D eigenvalue weighted by Crippen LogP contribution is 2.44. The Bertz CT molecular complexity index is 380. The Morgan fingerprint density at radius 3 is 2.56 bits per heavy atom. The van der Waals surface area contributed by atoms with Crippen LogP contribution in [0.15, 0.2) is 24.5 Å². The largest absolute Gasteiger partial charge is 0.325 e. The van der Waals surface area contributed by atoms with E-state index in [2.05, 4.69) is 37.9 Å². The van der Waals surface area contributed by atoms with Gasteiger partial charge >= 0.3 is 0 Å². The fraction of sp³-hybridized carbons (Fsp3) is 0.688. The summed E-state index contributed by atoms with van der Waals surface area (Å²) < 4.78 is 0. The van der Waals surface area contributed by atoms with Gasteiger partial charge in [-0.15, -0.1) is 0 Å². The monoisotopic (exact) mass is 246 g/mol. The van der Waals surface area contributed by atoms with Gasteiger partial charge in [0.2, 0.25) is 0 Å². The van der Waals surface area contributed by atoms with Crippen molar-refractivity contribution in [1.82, 2.24) is 4.98 Å². The Balaban J connectivity index is 2.21. The summed E-state index contributed by atoms with van der Waals surface area (Å²) in [5.41, 5.74) is 8.37. The summed E-state index contributed by atoms with van der Waals surface area (Å²) in [6.45, 7) is 6.99. The van der Waals surface area contributed by atoms with E-state index in [4.69, 9.17) is 5.73 Å². The summed E-state index contributed by atoms with van der Waals surface area (Å²) in [6.07, 6.45) is 9.74. The first-order valence-electron chi connectivity index (χ1n) is 7.10. The number of hydrogen-bond donors (Lipinski definition) is 1. The molecule has 0 bridgehead atoms. The van der Waals surface area contributed by atoms with Crippen LogP contribution in [0.2, 0.25) is 0 Å². The average Bonchev–Trinajstić information content (AvgIpc) is 2.28. The lowest BCUT2D eigenvalue weighted by atomic mass is 9.61. The van der Waals surface area contributed by atoms with E-state index in [9.17, 15) is 0 Å². The average molecular weight is 246 g/mol. The number of aromatic nitrogens is 1. The lowest BCUT2D eigenvalue weighted by molar-refractivity contribution is 0.0793. The first-order chi connectivity index (χ1) is 8.42. The van der Waals surface area contributed by atoms with E-state index in [0.29, 0.717) is 11.3 Å². The molecule has 2 atom stereocenters. The smallest absolute Gasteiger partial charge is 0.0270 e. The van der Waals surface area contributed by atoms with Gasteiger partial charge in [-0.2, -0.15) is 0 Å². The molecule has 0 saturated heterocycles. The third-order valence-electron chi connectivity index (χ3n) is 4.41. The molecule has 0 radical (unpaired) electrons. The van der Waals surface area contributed by atoms with Gasteiger partial charge in [-0.05, 0) is 48.3 Å². The molecule has 1 aromatic heterocycles. The molecule has 2 N–H and O–H groups in total. The second-order valence-corrected chi connectivity index (χ2v) is 6.93. The Hall–Kier alpha value is -0.890. The number of nitrogens with two attached hydrogens (primary N) is 1. The first kappa shape index (κ1) is 13.5. The van der Waals surface area contributed by atoms with Crippen LogP contribution in [-0.2, 0) is 6.42 Å². The van der Waals surface area contributed by atoms with E-state index in [1.54, 1.807) is 0 Å². The van der Waals surface area contributed by atoms with Gasteiger partial charge in [-0.25, -0.2) is 0 Å². The molecule has 1 aromatic rings. The van der Waals surface area contributed by atoms with E-state index in [1.165, 1.54) is 24.8 Å². The van der Waals surface area contributed by atoms with Crippen LogP contribution in [0.4, 0.5) is 0 Å². The molecule has 1 fully saturated rings.